The highest BCUT2D eigenvalue weighted by Crippen LogP contribution is 2.24. The molecule has 1 fully saturated rings. The van der Waals surface area contributed by atoms with Crippen molar-refractivity contribution in [1.29, 1.82) is 0 Å². The van der Waals surface area contributed by atoms with E-state index in [0.29, 0.717) is 25.0 Å². The molecule has 0 radical (unpaired) electrons. The molecule has 2 atom stereocenters. The lowest BCUT2D eigenvalue weighted by Crippen LogP contribution is -2.49. The Hall–Kier alpha value is -1.95. The van der Waals surface area contributed by atoms with Gasteiger partial charge < -0.3 is 19.5 Å². The van der Waals surface area contributed by atoms with Crippen molar-refractivity contribution in [3.05, 3.63) is 36.2 Å². The summed E-state index contributed by atoms with van der Waals surface area (Å²) in [6.07, 6.45) is 13.3. The maximum absolute atomic E-state index is 12.2. The maximum Gasteiger partial charge on any atom is 0.410 e. The summed E-state index contributed by atoms with van der Waals surface area (Å²) < 4.78 is 5.48. The Morgan fingerprint density at radius 1 is 1.19 bits per heavy atom. The molecular formula is C20H32N4O2. The van der Waals surface area contributed by atoms with E-state index in [1.54, 1.807) is 0 Å². The molecule has 0 spiro atoms. The first kappa shape index (κ1) is 18.8. The van der Waals surface area contributed by atoms with Gasteiger partial charge in [0.2, 0.25) is 0 Å². The highest BCUT2D eigenvalue weighted by atomic mass is 16.6. The summed E-state index contributed by atoms with van der Waals surface area (Å²) in [4.78, 5) is 16.4. The molecule has 2 aliphatic heterocycles. The minimum Gasteiger partial charge on any atom is -0.444 e. The van der Waals surface area contributed by atoms with Crippen molar-refractivity contribution in [3.8, 4) is 0 Å². The van der Waals surface area contributed by atoms with Crippen molar-refractivity contribution < 1.29 is 9.53 Å². The van der Waals surface area contributed by atoms with Crippen LogP contribution in [0.2, 0.25) is 0 Å². The molecule has 0 aromatic heterocycles. The van der Waals surface area contributed by atoms with Gasteiger partial charge in [0.1, 0.15) is 5.60 Å². The molecule has 0 aromatic carbocycles. The van der Waals surface area contributed by atoms with Gasteiger partial charge in [-0.25, -0.2) is 10.2 Å². The van der Waals surface area contributed by atoms with Gasteiger partial charge in [0.15, 0.2) is 0 Å². The fourth-order valence-corrected chi connectivity index (χ4v) is 3.60. The molecule has 3 rings (SSSR count). The average Bonchev–Trinajstić information content (AvgIpc) is 2.87. The summed E-state index contributed by atoms with van der Waals surface area (Å²) in [6, 6.07) is 0.382. The van der Waals surface area contributed by atoms with E-state index in [9.17, 15) is 4.79 Å². The Morgan fingerprint density at radius 3 is 2.54 bits per heavy atom. The summed E-state index contributed by atoms with van der Waals surface area (Å²) in [5.41, 5.74) is 4.30. The van der Waals surface area contributed by atoms with E-state index in [2.05, 4.69) is 40.8 Å². The lowest BCUT2D eigenvalue weighted by molar-refractivity contribution is 0.0171. The van der Waals surface area contributed by atoms with Crippen LogP contribution in [-0.4, -0.2) is 65.8 Å². The topological polar surface area (TPSA) is 48.0 Å². The lowest BCUT2D eigenvalue weighted by atomic mass is 9.96. The second-order valence-corrected chi connectivity index (χ2v) is 8.29. The highest BCUT2D eigenvalue weighted by Gasteiger charge is 2.27. The zero-order chi connectivity index (χ0) is 18.7. The standard InChI is InChI=1S/C20H32N4O2/c1-20(2,3)26-19(25)24-14-12-23(13-15-24)17-7-5-6-16(8-9-17)18-10-11-22(4)21-18/h7-11,16,18,21H,5-6,12-15H2,1-4H3. The van der Waals surface area contributed by atoms with Crippen molar-refractivity contribution >= 4 is 6.09 Å². The summed E-state index contributed by atoms with van der Waals surface area (Å²) >= 11 is 0. The summed E-state index contributed by atoms with van der Waals surface area (Å²) in [6.45, 7) is 8.85. The van der Waals surface area contributed by atoms with Crippen molar-refractivity contribution in [1.82, 2.24) is 20.2 Å². The Balaban J connectivity index is 1.52. The number of piperazine rings is 1. The third kappa shape index (κ3) is 4.81. The fraction of sp³-hybridized carbons (Fsp3) is 0.650. The molecule has 1 amide bonds. The summed E-state index contributed by atoms with van der Waals surface area (Å²) in [5.74, 6) is 0.507. The lowest BCUT2D eigenvalue weighted by Gasteiger charge is -2.37. The van der Waals surface area contributed by atoms with Crippen molar-refractivity contribution in [3.63, 3.8) is 0 Å². The molecule has 2 unspecified atom stereocenters. The molecule has 2 heterocycles. The first-order valence-electron chi connectivity index (χ1n) is 9.60. The Kier molecular flexibility index (Phi) is 5.61. The van der Waals surface area contributed by atoms with E-state index in [1.807, 2.05) is 37.7 Å². The van der Waals surface area contributed by atoms with Crippen LogP contribution in [0, 0.1) is 5.92 Å². The molecule has 6 heteroatoms. The van der Waals surface area contributed by atoms with E-state index in [1.165, 1.54) is 5.70 Å². The first-order valence-corrected chi connectivity index (χ1v) is 9.60. The third-order valence-electron chi connectivity index (χ3n) is 5.00. The number of ether oxygens (including phenoxy) is 1. The van der Waals surface area contributed by atoms with Crippen LogP contribution in [0.1, 0.15) is 33.6 Å². The van der Waals surface area contributed by atoms with Crippen LogP contribution >= 0.6 is 0 Å². The average molecular weight is 361 g/mol. The normalized spacial score (nSPS) is 26.8. The minimum absolute atomic E-state index is 0.203. The highest BCUT2D eigenvalue weighted by molar-refractivity contribution is 5.68. The van der Waals surface area contributed by atoms with E-state index in [-0.39, 0.29) is 6.09 Å². The number of rotatable bonds is 2. The Morgan fingerprint density at radius 2 is 1.92 bits per heavy atom. The third-order valence-corrected chi connectivity index (χ3v) is 5.00. The predicted molar refractivity (Wildman–Crippen MR) is 103 cm³/mol. The number of hydrogen-bond donors (Lipinski definition) is 1. The monoisotopic (exact) mass is 360 g/mol. The van der Waals surface area contributed by atoms with Gasteiger partial charge >= 0.3 is 6.09 Å². The second kappa shape index (κ2) is 7.74. The quantitative estimate of drug-likeness (QED) is 0.820. The van der Waals surface area contributed by atoms with E-state index in [0.717, 1.165) is 25.9 Å². The molecule has 6 nitrogen and oxygen atoms in total. The number of carbonyl (C=O) groups is 1. The number of hydrazine groups is 1. The molecule has 1 N–H and O–H groups in total. The largest absolute Gasteiger partial charge is 0.444 e. The van der Waals surface area contributed by atoms with Crippen LogP contribution in [0.4, 0.5) is 4.79 Å². The van der Waals surface area contributed by atoms with Gasteiger partial charge in [-0.15, -0.1) is 0 Å². The maximum atomic E-state index is 12.2. The molecule has 1 aliphatic carbocycles. The van der Waals surface area contributed by atoms with Crippen molar-refractivity contribution in [2.45, 2.75) is 45.3 Å². The van der Waals surface area contributed by atoms with E-state index >= 15 is 0 Å². The predicted octanol–water partition coefficient (Wildman–Crippen LogP) is 2.72. The van der Waals surface area contributed by atoms with Crippen LogP contribution in [0.15, 0.2) is 36.2 Å². The van der Waals surface area contributed by atoms with Crippen LogP contribution in [0.25, 0.3) is 0 Å². The molecule has 144 valence electrons. The molecule has 1 saturated heterocycles. The van der Waals surface area contributed by atoms with Gasteiger partial charge in [-0.05, 0) is 51.7 Å². The summed E-state index contributed by atoms with van der Waals surface area (Å²) in [5, 5.41) is 2.02. The number of allylic oxidation sites excluding steroid dienone is 2. The zero-order valence-corrected chi connectivity index (χ0v) is 16.4. The Labute approximate surface area is 157 Å². The SMILES string of the molecule is CN1C=CC(C2C=CC(N3CCN(C(=O)OC(C)(C)C)CC3)=CCC2)N1. The first-order chi connectivity index (χ1) is 12.3. The van der Waals surface area contributed by atoms with Crippen molar-refractivity contribution in [2.24, 2.45) is 5.92 Å². The molecule has 0 aromatic rings. The van der Waals surface area contributed by atoms with Gasteiger partial charge in [-0.3, -0.25) is 0 Å². The molecule has 0 saturated carbocycles. The van der Waals surface area contributed by atoms with Gasteiger partial charge in [0.05, 0.1) is 6.04 Å². The van der Waals surface area contributed by atoms with Crippen LogP contribution in [0.5, 0.6) is 0 Å². The summed E-state index contributed by atoms with van der Waals surface area (Å²) in [7, 11) is 2.03. The van der Waals surface area contributed by atoms with Gasteiger partial charge in [-0.2, -0.15) is 0 Å². The van der Waals surface area contributed by atoms with Crippen molar-refractivity contribution in [2.75, 3.05) is 33.2 Å². The van der Waals surface area contributed by atoms with Crippen LogP contribution in [0.3, 0.4) is 0 Å². The Bertz CT molecular complexity index is 597. The van der Waals surface area contributed by atoms with E-state index in [4.69, 9.17) is 4.74 Å². The molecule has 3 aliphatic rings. The molecular weight excluding hydrogens is 328 g/mol. The van der Waals surface area contributed by atoms with Gasteiger partial charge in [0, 0.05) is 45.1 Å². The molecule has 0 bridgehead atoms. The minimum atomic E-state index is -0.438. The number of nitrogens with zero attached hydrogens (tertiary/aromatic N) is 3. The van der Waals surface area contributed by atoms with Crippen LogP contribution < -0.4 is 5.43 Å². The number of amides is 1. The van der Waals surface area contributed by atoms with E-state index < -0.39 is 5.60 Å². The van der Waals surface area contributed by atoms with Gasteiger partial charge in [-0.1, -0.05) is 12.2 Å². The van der Waals surface area contributed by atoms with Gasteiger partial charge in [0.25, 0.3) is 0 Å². The number of nitrogens with one attached hydrogen (secondary N) is 1. The fourth-order valence-electron chi connectivity index (χ4n) is 3.60. The molecule has 26 heavy (non-hydrogen) atoms. The smallest absolute Gasteiger partial charge is 0.410 e. The second-order valence-electron chi connectivity index (χ2n) is 8.29. The zero-order valence-electron chi connectivity index (χ0n) is 16.4. The number of carbonyl (C=O) groups excluding carboxylic acids is 1. The van der Waals surface area contributed by atoms with Crippen LogP contribution in [-0.2, 0) is 4.74 Å². The number of hydrogen-bond acceptors (Lipinski definition) is 5.